The van der Waals surface area contributed by atoms with E-state index in [2.05, 4.69) is 34.0 Å². The molecule has 0 amide bonds. The molecule has 0 aliphatic carbocycles. The summed E-state index contributed by atoms with van der Waals surface area (Å²) in [4.78, 5) is 9.27. The van der Waals surface area contributed by atoms with Crippen LogP contribution in [0.5, 0.6) is 0 Å². The average molecular weight is 274 g/mol. The van der Waals surface area contributed by atoms with Crippen molar-refractivity contribution in [2.45, 2.75) is 43.8 Å². The highest BCUT2D eigenvalue weighted by atomic mass is 15.3. The standard InChI is InChI=1S/C16H26N4/c1-19(12-14-5-8-18-9-6-14)16(13-17)7-11-20-10-3-2-4-15(16)20/h5-6,8-9,15H,2-4,7,10-13,17H2,1H3. The van der Waals surface area contributed by atoms with Crippen LogP contribution >= 0.6 is 0 Å². The average Bonchev–Trinajstić information content (AvgIpc) is 2.88. The monoisotopic (exact) mass is 274 g/mol. The maximum atomic E-state index is 6.25. The predicted molar refractivity (Wildman–Crippen MR) is 81.3 cm³/mol. The minimum Gasteiger partial charge on any atom is -0.329 e. The van der Waals surface area contributed by atoms with Gasteiger partial charge in [-0.1, -0.05) is 6.42 Å². The lowest BCUT2D eigenvalue weighted by molar-refractivity contribution is 0.0511. The summed E-state index contributed by atoms with van der Waals surface area (Å²) >= 11 is 0. The molecular weight excluding hydrogens is 248 g/mol. The molecule has 2 aliphatic rings. The minimum atomic E-state index is 0.156. The van der Waals surface area contributed by atoms with Crippen LogP contribution in [0.25, 0.3) is 0 Å². The van der Waals surface area contributed by atoms with E-state index in [0.717, 1.165) is 13.1 Å². The third-order valence-electron chi connectivity index (χ3n) is 5.35. The van der Waals surface area contributed by atoms with Crippen molar-refractivity contribution in [3.05, 3.63) is 30.1 Å². The molecule has 0 spiro atoms. The number of fused-ring (bicyclic) bond motifs is 1. The molecule has 110 valence electrons. The number of piperidine rings is 1. The molecule has 0 saturated carbocycles. The molecule has 2 N–H and O–H groups in total. The molecule has 3 rings (SSSR count). The van der Waals surface area contributed by atoms with Gasteiger partial charge in [0.25, 0.3) is 0 Å². The summed E-state index contributed by atoms with van der Waals surface area (Å²) in [7, 11) is 2.24. The molecule has 1 aromatic heterocycles. The van der Waals surface area contributed by atoms with Gasteiger partial charge in [-0.3, -0.25) is 14.8 Å². The van der Waals surface area contributed by atoms with Gasteiger partial charge in [-0.15, -0.1) is 0 Å². The van der Waals surface area contributed by atoms with Gasteiger partial charge in [0, 0.05) is 43.6 Å². The van der Waals surface area contributed by atoms with Crippen LogP contribution in [-0.2, 0) is 6.54 Å². The molecule has 20 heavy (non-hydrogen) atoms. The van der Waals surface area contributed by atoms with Crippen molar-refractivity contribution in [1.82, 2.24) is 14.8 Å². The first kappa shape index (κ1) is 14.0. The van der Waals surface area contributed by atoms with Crippen LogP contribution in [0.2, 0.25) is 0 Å². The molecule has 2 saturated heterocycles. The topological polar surface area (TPSA) is 45.4 Å². The van der Waals surface area contributed by atoms with Gasteiger partial charge in [0.15, 0.2) is 0 Å². The number of aromatic nitrogens is 1. The van der Waals surface area contributed by atoms with Gasteiger partial charge in [-0.2, -0.15) is 0 Å². The lowest BCUT2D eigenvalue weighted by Crippen LogP contribution is -2.60. The second-order valence-corrected chi connectivity index (χ2v) is 6.32. The number of hydrogen-bond acceptors (Lipinski definition) is 4. The number of hydrogen-bond donors (Lipinski definition) is 1. The predicted octanol–water partition coefficient (Wildman–Crippen LogP) is 1.47. The van der Waals surface area contributed by atoms with Crippen molar-refractivity contribution < 1.29 is 0 Å². The van der Waals surface area contributed by atoms with Crippen LogP contribution in [0.4, 0.5) is 0 Å². The van der Waals surface area contributed by atoms with Crippen LogP contribution in [-0.4, -0.2) is 53.0 Å². The van der Waals surface area contributed by atoms with Crippen molar-refractivity contribution in [2.75, 3.05) is 26.7 Å². The zero-order valence-corrected chi connectivity index (χ0v) is 12.5. The molecular formula is C16H26N4. The third kappa shape index (κ3) is 2.36. The third-order valence-corrected chi connectivity index (χ3v) is 5.35. The zero-order chi connectivity index (χ0) is 14.0. The van der Waals surface area contributed by atoms with E-state index < -0.39 is 0 Å². The van der Waals surface area contributed by atoms with Gasteiger partial charge >= 0.3 is 0 Å². The molecule has 3 heterocycles. The van der Waals surface area contributed by atoms with E-state index in [9.17, 15) is 0 Å². The van der Waals surface area contributed by atoms with Gasteiger partial charge in [0.1, 0.15) is 0 Å². The highest BCUT2D eigenvalue weighted by molar-refractivity contribution is 5.13. The number of nitrogens with zero attached hydrogens (tertiary/aromatic N) is 3. The van der Waals surface area contributed by atoms with Crippen LogP contribution in [0.15, 0.2) is 24.5 Å². The van der Waals surface area contributed by atoms with Gasteiger partial charge in [0.2, 0.25) is 0 Å². The van der Waals surface area contributed by atoms with Gasteiger partial charge in [0.05, 0.1) is 0 Å². The molecule has 0 aromatic carbocycles. The number of nitrogens with two attached hydrogens (primary N) is 1. The summed E-state index contributed by atoms with van der Waals surface area (Å²) in [5.74, 6) is 0. The fourth-order valence-electron chi connectivity index (χ4n) is 4.13. The molecule has 0 bridgehead atoms. The van der Waals surface area contributed by atoms with E-state index in [0.29, 0.717) is 6.04 Å². The molecule has 4 heteroatoms. The van der Waals surface area contributed by atoms with E-state index in [4.69, 9.17) is 5.73 Å². The highest BCUT2D eigenvalue weighted by Crippen LogP contribution is 2.38. The Balaban J connectivity index is 1.78. The van der Waals surface area contributed by atoms with Crippen LogP contribution in [0.3, 0.4) is 0 Å². The molecule has 2 unspecified atom stereocenters. The van der Waals surface area contributed by atoms with Gasteiger partial charge in [-0.25, -0.2) is 0 Å². The normalized spacial score (nSPS) is 30.6. The first-order chi connectivity index (χ1) is 9.76. The van der Waals surface area contributed by atoms with Crippen molar-refractivity contribution in [1.29, 1.82) is 0 Å². The largest absolute Gasteiger partial charge is 0.329 e. The number of rotatable bonds is 4. The fraction of sp³-hybridized carbons (Fsp3) is 0.688. The number of likely N-dealkylation sites (N-methyl/N-ethyl adjacent to an activating group) is 1. The Hall–Kier alpha value is -0.970. The van der Waals surface area contributed by atoms with Crippen LogP contribution in [0.1, 0.15) is 31.2 Å². The highest BCUT2D eigenvalue weighted by Gasteiger charge is 2.49. The zero-order valence-electron chi connectivity index (χ0n) is 12.5. The lowest BCUT2D eigenvalue weighted by Gasteiger charge is -2.46. The van der Waals surface area contributed by atoms with E-state index >= 15 is 0 Å². The van der Waals surface area contributed by atoms with E-state index in [1.165, 1.54) is 44.3 Å². The first-order valence-electron chi connectivity index (χ1n) is 7.80. The Bertz CT molecular complexity index is 435. The SMILES string of the molecule is CN(Cc1ccncc1)C1(CN)CCN2CCCCC21. The Labute approximate surface area is 122 Å². The molecule has 0 radical (unpaired) electrons. The smallest absolute Gasteiger partial charge is 0.0499 e. The lowest BCUT2D eigenvalue weighted by atomic mass is 9.84. The molecule has 2 fully saturated rings. The van der Waals surface area contributed by atoms with E-state index in [-0.39, 0.29) is 5.54 Å². The summed E-state index contributed by atoms with van der Waals surface area (Å²) in [5, 5.41) is 0. The summed E-state index contributed by atoms with van der Waals surface area (Å²) in [6.07, 6.45) is 8.96. The van der Waals surface area contributed by atoms with Crippen molar-refractivity contribution in [2.24, 2.45) is 5.73 Å². The summed E-state index contributed by atoms with van der Waals surface area (Å²) in [6.45, 7) is 4.19. The van der Waals surface area contributed by atoms with Gasteiger partial charge in [-0.05, 0) is 50.6 Å². The Kier molecular flexibility index (Phi) is 4.06. The number of pyridine rings is 1. The van der Waals surface area contributed by atoms with E-state index in [1.54, 1.807) is 0 Å². The summed E-state index contributed by atoms with van der Waals surface area (Å²) in [6, 6.07) is 4.86. The van der Waals surface area contributed by atoms with E-state index in [1.807, 2.05) is 12.4 Å². The fourth-order valence-corrected chi connectivity index (χ4v) is 4.13. The summed E-state index contributed by atoms with van der Waals surface area (Å²) < 4.78 is 0. The Morgan fingerprint density at radius 3 is 2.90 bits per heavy atom. The molecule has 4 nitrogen and oxygen atoms in total. The second kappa shape index (κ2) is 5.80. The van der Waals surface area contributed by atoms with Crippen molar-refractivity contribution in [3.63, 3.8) is 0 Å². The second-order valence-electron chi connectivity index (χ2n) is 6.32. The van der Waals surface area contributed by atoms with Crippen molar-refractivity contribution in [3.8, 4) is 0 Å². The maximum absolute atomic E-state index is 6.25. The maximum Gasteiger partial charge on any atom is 0.0499 e. The first-order valence-corrected chi connectivity index (χ1v) is 7.80. The van der Waals surface area contributed by atoms with Gasteiger partial charge < -0.3 is 5.73 Å². The van der Waals surface area contributed by atoms with Crippen LogP contribution in [0, 0.1) is 0 Å². The Morgan fingerprint density at radius 1 is 1.35 bits per heavy atom. The van der Waals surface area contributed by atoms with Crippen molar-refractivity contribution >= 4 is 0 Å². The summed E-state index contributed by atoms with van der Waals surface area (Å²) in [5.41, 5.74) is 7.73. The van der Waals surface area contributed by atoms with Crippen LogP contribution < -0.4 is 5.73 Å². The minimum absolute atomic E-state index is 0.156. The molecule has 1 aromatic rings. The quantitative estimate of drug-likeness (QED) is 0.903. The molecule has 2 atom stereocenters. The molecule has 2 aliphatic heterocycles. The Morgan fingerprint density at radius 2 is 2.15 bits per heavy atom.